The minimum atomic E-state index is -0.362. The maximum absolute atomic E-state index is 6.19. The van der Waals surface area contributed by atoms with E-state index in [1.807, 2.05) is 35.3 Å². The van der Waals surface area contributed by atoms with Crippen LogP contribution in [0.2, 0.25) is 0 Å². The molecule has 0 aliphatic carbocycles. The predicted molar refractivity (Wildman–Crippen MR) is 99.1 cm³/mol. The fourth-order valence-electron chi connectivity index (χ4n) is 3.38. The second-order valence-electron chi connectivity index (χ2n) is 6.52. The van der Waals surface area contributed by atoms with E-state index in [0.717, 1.165) is 22.1 Å². The highest BCUT2D eigenvalue weighted by molar-refractivity contribution is 9.10. The summed E-state index contributed by atoms with van der Waals surface area (Å²) in [7, 11) is 1.99. The van der Waals surface area contributed by atoms with E-state index in [2.05, 4.69) is 63.3 Å². The molecule has 0 N–H and O–H groups in total. The van der Waals surface area contributed by atoms with Gasteiger partial charge in [0.2, 0.25) is 0 Å². The quantitative estimate of drug-likeness (QED) is 0.661. The highest BCUT2D eigenvalue weighted by Crippen LogP contribution is 2.44. The zero-order valence-corrected chi connectivity index (χ0v) is 15.7. The third-order valence-electron chi connectivity index (χ3n) is 4.73. The molecule has 1 fully saturated rings. The van der Waals surface area contributed by atoms with Crippen molar-refractivity contribution in [2.75, 3.05) is 7.05 Å². The van der Waals surface area contributed by atoms with Gasteiger partial charge in [0.1, 0.15) is 5.60 Å². The highest BCUT2D eigenvalue weighted by Gasteiger charge is 2.42. The lowest BCUT2D eigenvalue weighted by Crippen LogP contribution is -2.23. The Morgan fingerprint density at radius 3 is 2.64 bits per heavy atom. The van der Waals surface area contributed by atoms with Crippen molar-refractivity contribution >= 4 is 15.9 Å². The summed E-state index contributed by atoms with van der Waals surface area (Å²) in [6, 6.07) is 12.7. The smallest absolute Gasteiger partial charge is 0.115 e. The van der Waals surface area contributed by atoms with Gasteiger partial charge < -0.3 is 0 Å². The lowest BCUT2D eigenvalue weighted by molar-refractivity contribution is -0.188. The first-order chi connectivity index (χ1) is 12.0. The standard InChI is InChI=1S/C19H19BrN4O/c1-19(15-4-3-9-21-11-15)10-18(23(2)25-19)14-5-7-17(8-6-14)24-13-16(20)12-22-24/h3-9,11-13,18H,10H2,1-2H3. The molecule has 6 heteroatoms. The molecule has 25 heavy (non-hydrogen) atoms. The van der Waals surface area contributed by atoms with Crippen molar-refractivity contribution in [1.29, 1.82) is 0 Å². The predicted octanol–water partition coefficient (Wildman–Crippen LogP) is 4.25. The number of halogens is 1. The average Bonchev–Trinajstić information content (AvgIpc) is 3.20. The third-order valence-corrected chi connectivity index (χ3v) is 5.14. The Morgan fingerprint density at radius 2 is 2.00 bits per heavy atom. The van der Waals surface area contributed by atoms with Crippen LogP contribution in [-0.4, -0.2) is 26.9 Å². The Morgan fingerprint density at radius 1 is 1.20 bits per heavy atom. The first kappa shape index (κ1) is 16.4. The van der Waals surface area contributed by atoms with E-state index < -0.39 is 0 Å². The Kier molecular flexibility index (Phi) is 4.19. The summed E-state index contributed by atoms with van der Waals surface area (Å²) in [5.74, 6) is 0. The number of hydroxylamine groups is 2. The molecule has 0 radical (unpaired) electrons. The fourth-order valence-corrected chi connectivity index (χ4v) is 3.67. The minimum Gasteiger partial charge on any atom is -0.287 e. The zero-order valence-electron chi connectivity index (χ0n) is 14.1. The Bertz CT molecular complexity index is 865. The first-order valence-electron chi connectivity index (χ1n) is 8.18. The highest BCUT2D eigenvalue weighted by atomic mass is 79.9. The zero-order chi connectivity index (χ0) is 17.4. The van der Waals surface area contributed by atoms with E-state index >= 15 is 0 Å². The molecule has 0 saturated carbocycles. The van der Waals surface area contributed by atoms with Crippen molar-refractivity contribution < 1.29 is 4.84 Å². The van der Waals surface area contributed by atoms with Gasteiger partial charge in [-0.2, -0.15) is 10.2 Å². The number of pyridine rings is 1. The van der Waals surface area contributed by atoms with Crippen LogP contribution >= 0.6 is 15.9 Å². The molecule has 2 unspecified atom stereocenters. The molecule has 1 saturated heterocycles. The number of hydrogen-bond acceptors (Lipinski definition) is 4. The monoisotopic (exact) mass is 398 g/mol. The summed E-state index contributed by atoms with van der Waals surface area (Å²) in [5, 5.41) is 6.27. The van der Waals surface area contributed by atoms with Crippen LogP contribution in [0.1, 0.15) is 30.5 Å². The van der Waals surface area contributed by atoms with Gasteiger partial charge in [-0.1, -0.05) is 18.2 Å². The maximum atomic E-state index is 6.19. The van der Waals surface area contributed by atoms with Crippen LogP contribution in [0.4, 0.5) is 0 Å². The van der Waals surface area contributed by atoms with Crippen LogP contribution in [0.15, 0.2) is 65.7 Å². The first-order valence-corrected chi connectivity index (χ1v) is 8.97. The van der Waals surface area contributed by atoms with Crippen molar-refractivity contribution in [3.8, 4) is 5.69 Å². The molecular formula is C19H19BrN4O. The van der Waals surface area contributed by atoms with Crippen LogP contribution in [-0.2, 0) is 10.4 Å². The van der Waals surface area contributed by atoms with Gasteiger partial charge in [-0.15, -0.1) is 0 Å². The molecule has 1 aromatic carbocycles. The van der Waals surface area contributed by atoms with E-state index in [4.69, 9.17) is 4.84 Å². The van der Waals surface area contributed by atoms with Gasteiger partial charge in [0, 0.05) is 37.6 Å². The lowest BCUT2D eigenvalue weighted by Gasteiger charge is -2.23. The van der Waals surface area contributed by atoms with Crippen LogP contribution in [0.3, 0.4) is 0 Å². The molecule has 1 aliphatic rings. The summed E-state index contributed by atoms with van der Waals surface area (Å²) < 4.78 is 2.82. The number of benzene rings is 1. The Hall–Kier alpha value is -2.02. The molecular weight excluding hydrogens is 380 g/mol. The van der Waals surface area contributed by atoms with Crippen molar-refractivity contribution in [3.63, 3.8) is 0 Å². The molecule has 0 spiro atoms. The molecule has 5 nitrogen and oxygen atoms in total. The number of aromatic nitrogens is 3. The number of rotatable bonds is 3. The SMILES string of the molecule is CN1OC(C)(c2cccnc2)CC1c1ccc(-n2cc(Br)cn2)cc1. The largest absolute Gasteiger partial charge is 0.287 e. The second-order valence-corrected chi connectivity index (χ2v) is 7.44. The second kappa shape index (κ2) is 6.37. The molecule has 3 heterocycles. The molecule has 0 bridgehead atoms. The lowest BCUT2D eigenvalue weighted by atomic mass is 9.89. The van der Waals surface area contributed by atoms with E-state index in [1.165, 1.54) is 5.56 Å². The summed E-state index contributed by atoms with van der Waals surface area (Å²) in [6.07, 6.45) is 8.28. The van der Waals surface area contributed by atoms with Gasteiger partial charge in [-0.05, 0) is 46.6 Å². The normalized spacial score (nSPS) is 23.9. The molecule has 128 valence electrons. The van der Waals surface area contributed by atoms with Gasteiger partial charge in [-0.25, -0.2) is 4.68 Å². The van der Waals surface area contributed by atoms with Crippen LogP contribution in [0, 0.1) is 0 Å². The van der Waals surface area contributed by atoms with Crippen LogP contribution < -0.4 is 0 Å². The van der Waals surface area contributed by atoms with Crippen LogP contribution in [0.5, 0.6) is 0 Å². The maximum Gasteiger partial charge on any atom is 0.115 e. The average molecular weight is 399 g/mol. The van der Waals surface area contributed by atoms with Gasteiger partial charge >= 0.3 is 0 Å². The summed E-state index contributed by atoms with van der Waals surface area (Å²) in [5.41, 5.74) is 3.00. The number of nitrogens with zero attached hydrogens (tertiary/aromatic N) is 4. The number of hydrogen-bond donors (Lipinski definition) is 0. The fraction of sp³-hybridized carbons (Fsp3) is 0.263. The van der Waals surface area contributed by atoms with Crippen molar-refractivity contribution in [1.82, 2.24) is 19.8 Å². The summed E-state index contributed by atoms with van der Waals surface area (Å²) >= 11 is 3.43. The molecule has 2 aromatic heterocycles. The Labute approximate surface area is 155 Å². The summed E-state index contributed by atoms with van der Waals surface area (Å²) in [4.78, 5) is 10.4. The third kappa shape index (κ3) is 3.13. The van der Waals surface area contributed by atoms with Crippen LogP contribution in [0.25, 0.3) is 5.69 Å². The van der Waals surface area contributed by atoms with E-state index in [9.17, 15) is 0 Å². The topological polar surface area (TPSA) is 43.2 Å². The van der Waals surface area contributed by atoms with Crippen molar-refractivity contribution in [3.05, 3.63) is 76.8 Å². The van der Waals surface area contributed by atoms with E-state index in [1.54, 1.807) is 12.4 Å². The van der Waals surface area contributed by atoms with Gasteiger partial charge in [-0.3, -0.25) is 9.82 Å². The molecule has 2 atom stereocenters. The molecule has 0 amide bonds. The van der Waals surface area contributed by atoms with Gasteiger partial charge in [0.25, 0.3) is 0 Å². The molecule has 4 rings (SSSR count). The Balaban J connectivity index is 1.58. The van der Waals surface area contributed by atoms with Crippen molar-refractivity contribution in [2.45, 2.75) is 25.0 Å². The molecule has 3 aromatic rings. The minimum absolute atomic E-state index is 0.198. The van der Waals surface area contributed by atoms with E-state index in [-0.39, 0.29) is 11.6 Å². The summed E-state index contributed by atoms with van der Waals surface area (Å²) in [6.45, 7) is 2.12. The van der Waals surface area contributed by atoms with Crippen molar-refractivity contribution in [2.24, 2.45) is 0 Å². The van der Waals surface area contributed by atoms with E-state index in [0.29, 0.717) is 0 Å². The van der Waals surface area contributed by atoms with Gasteiger partial charge in [0.05, 0.1) is 22.4 Å². The van der Waals surface area contributed by atoms with Gasteiger partial charge in [0.15, 0.2) is 0 Å². The molecule has 1 aliphatic heterocycles.